The first-order chi connectivity index (χ1) is 8.60. The van der Waals surface area contributed by atoms with Crippen LogP contribution >= 0.6 is 11.5 Å². The number of benzene rings is 1. The summed E-state index contributed by atoms with van der Waals surface area (Å²) in [5.41, 5.74) is 0.0864. The normalized spacial score (nSPS) is 10.3. The monoisotopic (exact) mass is 267 g/mol. The van der Waals surface area contributed by atoms with E-state index in [1.165, 1.54) is 12.1 Å². The Morgan fingerprint density at radius 1 is 1.56 bits per heavy atom. The molecule has 0 aliphatic rings. The van der Waals surface area contributed by atoms with Gasteiger partial charge in [0.05, 0.1) is 11.3 Å². The Balaban J connectivity index is 2.21. The van der Waals surface area contributed by atoms with Gasteiger partial charge in [-0.15, -0.1) is 0 Å². The zero-order valence-corrected chi connectivity index (χ0v) is 10.3. The highest BCUT2D eigenvalue weighted by Gasteiger charge is 2.10. The van der Waals surface area contributed by atoms with Crippen LogP contribution < -0.4 is 5.32 Å². The van der Waals surface area contributed by atoms with Gasteiger partial charge in [0.2, 0.25) is 5.13 Å². The molecule has 5 nitrogen and oxygen atoms in total. The minimum atomic E-state index is -1.16. The van der Waals surface area contributed by atoms with Crippen molar-refractivity contribution >= 4 is 28.3 Å². The molecule has 1 aromatic heterocycles. The molecule has 0 fully saturated rings. The lowest BCUT2D eigenvalue weighted by Gasteiger charge is -2.04. The first-order valence-electron chi connectivity index (χ1n) is 5.22. The van der Waals surface area contributed by atoms with Crippen LogP contribution in [0.1, 0.15) is 23.1 Å². The van der Waals surface area contributed by atoms with E-state index in [-0.39, 0.29) is 11.3 Å². The molecular formula is C11H10FN3O2S. The van der Waals surface area contributed by atoms with Crippen molar-refractivity contribution in [2.75, 3.05) is 5.32 Å². The molecule has 1 heterocycles. The molecule has 94 valence electrons. The summed E-state index contributed by atoms with van der Waals surface area (Å²) in [7, 11) is 0. The van der Waals surface area contributed by atoms with Crippen molar-refractivity contribution in [2.24, 2.45) is 0 Å². The summed E-state index contributed by atoms with van der Waals surface area (Å²) in [5, 5.41) is 12.0. The highest BCUT2D eigenvalue weighted by atomic mass is 32.1. The zero-order chi connectivity index (χ0) is 13.1. The van der Waals surface area contributed by atoms with Gasteiger partial charge < -0.3 is 10.4 Å². The lowest BCUT2D eigenvalue weighted by molar-refractivity contribution is 0.0696. The van der Waals surface area contributed by atoms with Gasteiger partial charge in [0.1, 0.15) is 11.6 Å². The molecule has 0 atom stereocenters. The van der Waals surface area contributed by atoms with E-state index >= 15 is 0 Å². The molecule has 0 aliphatic heterocycles. The van der Waals surface area contributed by atoms with Crippen LogP contribution in [0.3, 0.4) is 0 Å². The smallest absolute Gasteiger partial charge is 0.335 e. The average Bonchev–Trinajstić information content (AvgIpc) is 2.79. The minimum Gasteiger partial charge on any atom is -0.478 e. The second kappa shape index (κ2) is 5.09. The van der Waals surface area contributed by atoms with Crippen molar-refractivity contribution < 1.29 is 14.3 Å². The SMILES string of the molecule is CCc1nsc(Nc2ccc(C(=O)O)cc2F)n1. The van der Waals surface area contributed by atoms with E-state index in [4.69, 9.17) is 5.11 Å². The molecule has 0 spiro atoms. The zero-order valence-electron chi connectivity index (χ0n) is 9.48. The summed E-state index contributed by atoms with van der Waals surface area (Å²) >= 11 is 1.13. The number of aryl methyl sites for hydroxylation is 1. The number of carboxylic acid groups (broad SMARTS) is 1. The first-order valence-corrected chi connectivity index (χ1v) is 6.00. The fourth-order valence-electron chi connectivity index (χ4n) is 1.31. The van der Waals surface area contributed by atoms with E-state index in [2.05, 4.69) is 14.7 Å². The third kappa shape index (κ3) is 2.62. The Morgan fingerprint density at radius 2 is 2.33 bits per heavy atom. The summed E-state index contributed by atoms with van der Waals surface area (Å²) in [5.74, 6) is -1.11. The molecule has 0 amide bonds. The van der Waals surface area contributed by atoms with Gasteiger partial charge in [-0.05, 0) is 18.2 Å². The molecule has 0 radical (unpaired) electrons. The lowest BCUT2D eigenvalue weighted by Crippen LogP contribution is -1.99. The Hall–Kier alpha value is -2.02. The first kappa shape index (κ1) is 12.4. The van der Waals surface area contributed by atoms with Gasteiger partial charge in [-0.25, -0.2) is 14.2 Å². The van der Waals surface area contributed by atoms with Crippen molar-refractivity contribution in [1.29, 1.82) is 0 Å². The molecule has 0 saturated carbocycles. The second-order valence-corrected chi connectivity index (χ2v) is 4.25. The molecule has 1 aromatic carbocycles. The molecule has 2 aromatic rings. The van der Waals surface area contributed by atoms with E-state index in [0.717, 1.165) is 17.6 Å². The van der Waals surface area contributed by atoms with E-state index in [1.807, 2.05) is 6.92 Å². The van der Waals surface area contributed by atoms with Gasteiger partial charge in [0.15, 0.2) is 0 Å². The maximum atomic E-state index is 13.6. The van der Waals surface area contributed by atoms with Crippen LogP contribution in [-0.4, -0.2) is 20.4 Å². The van der Waals surface area contributed by atoms with Crippen LogP contribution in [0.4, 0.5) is 15.2 Å². The van der Waals surface area contributed by atoms with Crippen molar-refractivity contribution in [1.82, 2.24) is 9.36 Å². The van der Waals surface area contributed by atoms with E-state index in [1.54, 1.807) is 0 Å². The van der Waals surface area contributed by atoms with Crippen LogP contribution in [0, 0.1) is 5.82 Å². The number of rotatable bonds is 4. The number of halogens is 1. The van der Waals surface area contributed by atoms with Crippen molar-refractivity contribution in [3.8, 4) is 0 Å². The Bertz CT molecular complexity index is 585. The number of aromatic nitrogens is 2. The van der Waals surface area contributed by atoms with Crippen LogP contribution in [0.5, 0.6) is 0 Å². The quantitative estimate of drug-likeness (QED) is 0.890. The standard InChI is InChI=1S/C11H10FN3O2S/c1-2-9-14-11(18-15-9)13-8-4-3-6(10(16)17)5-7(8)12/h3-5H,2H2,1H3,(H,16,17)(H,13,14,15). The minimum absolute atomic E-state index is 0.0930. The number of nitrogens with one attached hydrogen (secondary N) is 1. The third-order valence-corrected chi connectivity index (χ3v) is 2.91. The largest absolute Gasteiger partial charge is 0.478 e. The molecule has 2 rings (SSSR count). The van der Waals surface area contributed by atoms with Crippen LogP contribution in [-0.2, 0) is 6.42 Å². The van der Waals surface area contributed by atoms with Gasteiger partial charge in [-0.1, -0.05) is 6.92 Å². The summed E-state index contributed by atoms with van der Waals surface area (Å²) in [6, 6.07) is 3.66. The highest BCUT2D eigenvalue weighted by Crippen LogP contribution is 2.22. The van der Waals surface area contributed by atoms with Crippen LogP contribution in [0.2, 0.25) is 0 Å². The van der Waals surface area contributed by atoms with E-state index < -0.39 is 11.8 Å². The number of aromatic carboxylic acids is 1. The molecule has 7 heteroatoms. The van der Waals surface area contributed by atoms with E-state index in [0.29, 0.717) is 17.4 Å². The summed E-state index contributed by atoms with van der Waals surface area (Å²) in [6.07, 6.45) is 0.707. The number of hydrogen-bond acceptors (Lipinski definition) is 5. The Labute approximate surface area is 106 Å². The average molecular weight is 267 g/mol. The fourth-order valence-corrected chi connectivity index (χ4v) is 1.98. The maximum Gasteiger partial charge on any atom is 0.335 e. The molecule has 18 heavy (non-hydrogen) atoms. The summed E-state index contributed by atoms with van der Waals surface area (Å²) < 4.78 is 17.7. The summed E-state index contributed by atoms with van der Waals surface area (Å²) in [4.78, 5) is 14.8. The molecule has 2 N–H and O–H groups in total. The number of carbonyl (C=O) groups is 1. The predicted molar refractivity (Wildman–Crippen MR) is 65.9 cm³/mol. The maximum absolute atomic E-state index is 13.6. The van der Waals surface area contributed by atoms with Crippen LogP contribution in [0.15, 0.2) is 18.2 Å². The topological polar surface area (TPSA) is 75.1 Å². The lowest BCUT2D eigenvalue weighted by atomic mass is 10.2. The van der Waals surface area contributed by atoms with Gasteiger partial charge in [0, 0.05) is 18.0 Å². The van der Waals surface area contributed by atoms with E-state index in [9.17, 15) is 9.18 Å². The van der Waals surface area contributed by atoms with Crippen molar-refractivity contribution in [3.63, 3.8) is 0 Å². The Morgan fingerprint density at radius 3 is 2.89 bits per heavy atom. The number of anilines is 2. The molecular weight excluding hydrogens is 257 g/mol. The fraction of sp³-hybridized carbons (Fsp3) is 0.182. The molecule has 0 bridgehead atoms. The third-order valence-electron chi connectivity index (χ3n) is 2.24. The number of hydrogen-bond donors (Lipinski definition) is 2. The van der Waals surface area contributed by atoms with Gasteiger partial charge in [0.25, 0.3) is 0 Å². The second-order valence-electron chi connectivity index (χ2n) is 3.49. The van der Waals surface area contributed by atoms with Crippen LogP contribution in [0.25, 0.3) is 0 Å². The van der Waals surface area contributed by atoms with Gasteiger partial charge in [-0.3, -0.25) is 0 Å². The van der Waals surface area contributed by atoms with Crippen molar-refractivity contribution in [2.45, 2.75) is 13.3 Å². The predicted octanol–water partition coefficient (Wildman–Crippen LogP) is 2.68. The number of nitrogens with zero attached hydrogens (tertiary/aromatic N) is 2. The Kier molecular flexibility index (Phi) is 3.52. The molecule has 0 aliphatic carbocycles. The number of carboxylic acids is 1. The summed E-state index contributed by atoms with van der Waals surface area (Å²) in [6.45, 7) is 1.92. The highest BCUT2D eigenvalue weighted by molar-refractivity contribution is 7.09. The molecule has 0 unspecified atom stereocenters. The van der Waals surface area contributed by atoms with Crippen molar-refractivity contribution in [3.05, 3.63) is 35.4 Å². The van der Waals surface area contributed by atoms with Gasteiger partial charge >= 0.3 is 5.97 Å². The van der Waals surface area contributed by atoms with Gasteiger partial charge in [-0.2, -0.15) is 4.37 Å². The molecule has 0 saturated heterocycles.